The molecule has 0 unspecified atom stereocenters. The van der Waals surface area contributed by atoms with Gasteiger partial charge in [-0.1, -0.05) is 11.3 Å². The maximum Gasteiger partial charge on any atom is 0.281 e. The summed E-state index contributed by atoms with van der Waals surface area (Å²) in [5.41, 5.74) is 0.706. The minimum Gasteiger partial charge on any atom is -0.492 e. The average molecular weight is 439 g/mol. The Kier molecular flexibility index (Phi) is 5.74. The van der Waals surface area contributed by atoms with Crippen LogP contribution in [-0.4, -0.2) is 52.1 Å². The van der Waals surface area contributed by atoms with Crippen molar-refractivity contribution in [2.75, 3.05) is 13.2 Å². The number of thiazole rings is 1. The van der Waals surface area contributed by atoms with E-state index < -0.39 is 0 Å². The van der Waals surface area contributed by atoms with Gasteiger partial charge in [-0.25, -0.2) is 4.98 Å². The number of aromatic nitrogens is 2. The van der Waals surface area contributed by atoms with Crippen LogP contribution in [0.3, 0.4) is 0 Å². The van der Waals surface area contributed by atoms with Crippen molar-refractivity contribution in [2.45, 2.75) is 50.7 Å². The summed E-state index contributed by atoms with van der Waals surface area (Å²) in [6, 6.07) is 13.0. The fourth-order valence-electron chi connectivity index (χ4n) is 4.81. The third kappa shape index (κ3) is 4.65. The van der Waals surface area contributed by atoms with Crippen molar-refractivity contribution in [3.63, 3.8) is 0 Å². The molecule has 2 bridgehead atoms. The highest BCUT2D eigenvalue weighted by molar-refractivity contribution is 7.20. The van der Waals surface area contributed by atoms with Crippen LogP contribution in [0.15, 0.2) is 42.6 Å². The number of pyridine rings is 1. The molecule has 2 fully saturated rings. The molecule has 4 heterocycles. The summed E-state index contributed by atoms with van der Waals surface area (Å²) in [4.78, 5) is 22.6. The Labute approximate surface area is 185 Å². The monoisotopic (exact) mass is 438 g/mol. The fourth-order valence-corrected chi connectivity index (χ4v) is 5.61. The topological polar surface area (TPSA) is 76.6 Å². The van der Waals surface area contributed by atoms with E-state index in [9.17, 15) is 4.79 Å². The van der Waals surface area contributed by atoms with E-state index in [2.05, 4.69) is 20.2 Å². The smallest absolute Gasteiger partial charge is 0.281 e. The number of carbonyl (C=O) groups excluding carboxylic acids is 1. The lowest BCUT2D eigenvalue weighted by Gasteiger charge is -2.39. The number of piperidine rings is 1. The number of benzene rings is 1. The average Bonchev–Trinajstić information content (AvgIpc) is 3.26. The summed E-state index contributed by atoms with van der Waals surface area (Å²) in [7, 11) is 0. The zero-order valence-electron chi connectivity index (χ0n) is 17.5. The molecule has 0 saturated carbocycles. The van der Waals surface area contributed by atoms with Crippen molar-refractivity contribution in [1.29, 1.82) is 0 Å². The van der Waals surface area contributed by atoms with E-state index in [1.54, 1.807) is 13.1 Å². The van der Waals surface area contributed by atoms with Crippen molar-refractivity contribution < 1.29 is 14.3 Å². The highest BCUT2D eigenvalue weighted by Gasteiger charge is 2.40. The van der Waals surface area contributed by atoms with Gasteiger partial charge in [0.05, 0.1) is 4.70 Å². The Morgan fingerprint density at radius 3 is 2.61 bits per heavy atom. The van der Waals surface area contributed by atoms with Crippen LogP contribution in [-0.2, 0) is 4.79 Å². The van der Waals surface area contributed by atoms with Crippen LogP contribution < -0.4 is 14.8 Å². The van der Waals surface area contributed by atoms with Crippen molar-refractivity contribution >= 4 is 27.6 Å². The van der Waals surface area contributed by atoms with Gasteiger partial charge in [0.15, 0.2) is 5.65 Å². The number of amides is 1. The van der Waals surface area contributed by atoms with Crippen molar-refractivity contribution in [2.24, 2.45) is 0 Å². The molecule has 1 N–H and O–H groups in total. The van der Waals surface area contributed by atoms with E-state index in [-0.39, 0.29) is 5.91 Å². The van der Waals surface area contributed by atoms with Crippen molar-refractivity contribution in [3.05, 3.63) is 42.6 Å². The van der Waals surface area contributed by atoms with Crippen molar-refractivity contribution in [1.82, 2.24) is 20.2 Å². The number of hydrogen-bond donors (Lipinski definition) is 1. The molecule has 1 aromatic carbocycles. The first-order chi connectivity index (χ1) is 15.1. The van der Waals surface area contributed by atoms with Gasteiger partial charge in [-0.2, -0.15) is 4.98 Å². The minimum atomic E-state index is 0.0772. The van der Waals surface area contributed by atoms with E-state index in [1.807, 2.05) is 36.4 Å². The number of hydrogen-bond acceptors (Lipinski definition) is 7. The van der Waals surface area contributed by atoms with Crippen LogP contribution in [0.25, 0.3) is 10.3 Å². The van der Waals surface area contributed by atoms with Gasteiger partial charge >= 0.3 is 0 Å². The molecule has 31 heavy (non-hydrogen) atoms. The van der Waals surface area contributed by atoms with Crippen LogP contribution in [0.4, 0.5) is 0 Å². The predicted molar refractivity (Wildman–Crippen MR) is 120 cm³/mol. The van der Waals surface area contributed by atoms with Gasteiger partial charge in [0, 0.05) is 37.8 Å². The lowest BCUT2D eigenvalue weighted by molar-refractivity contribution is -0.120. The number of nitrogens with zero attached hydrogens (tertiary/aromatic N) is 3. The van der Waals surface area contributed by atoms with Gasteiger partial charge in [-0.15, -0.1) is 0 Å². The van der Waals surface area contributed by atoms with Gasteiger partial charge in [0.2, 0.25) is 5.91 Å². The zero-order chi connectivity index (χ0) is 21.2. The summed E-state index contributed by atoms with van der Waals surface area (Å²) in [5.74, 6) is 1.64. The molecular formula is C23H26N4O3S. The molecule has 0 spiro atoms. The van der Waals surface area contributed by atoms with E-state index >= 15 is 0 Å². The van der Waals surface area contributed by atoms with E-state index in [0.29, 0.717) is 35.6 Å². The quantitative estimate of drug-likeness (QED) is 0.601. The van der Waals surface area contributed by atoms with Gasteiger partial charge < -0.3 is 14.8 Å². The third-order valence-electron chi connectivity index (χ3n) is 6.08. The van der Waals surface area contributed by atoms with Crippen LogP contribution >= 0.6 is 11.3 Å². The Balaban J connectivity index is 1.11. The first-order valence-electron chi connectivity index (χ1n) is 10.8. The molecule has 2 aromatic heterocycles. The molecule has 1 amide bonds. The molecule has 3 atom stereocenters. The first-order valence-corrected chi connectivity index (χ1v) is 11.6. The predicted octanol–water partition coefficient (Wildman–Crippen LogP) is 3.99. The molecule has 0 aliphatic carbocycles. The Hall–Kier alpha value is -2.71. The van der Waals surface area contributed by atoms with Crippen LogP contribution in [0, 0.1) is 0 Å². The molecule has 8 heteroatoms. The first kappa shape index (κ1) is 20.2. The lowest BCUT2D eigenvalue weighted by atomic mass is 9.97. The third-order valence-corrected chi connectivity index (χ3v) is 6.97. The number of fused-ring (bicyclic) bond motifs is 3. The summed E-state index contributed by atoms with van der Waals surface area (Å²) in [6.45, 7) is 3.18. The SMILES string of the molecule is CC(=O)N[C@@H]1C[C@H]2CC[C@@H](C1)N2CCOc1ccc(Oc2nc3ncccc3s2)cc1. The van der Waals surface area contributed by atoms with Crippen LogP contribution in [0.2, 0.25) is 0 Å². The largest absolute Gasteiger partial charge is 0.492 e. The second-order valence-corrected chi connectivity index (χ2v) is 9.21. The molecule has 162 valence electrons. The molecule has 0 radical (unpaired) electrons. The van der Waals surface area contributed by atoms with E-state index in [0.717, 1.165) is 35.6 Å². The number of nitrogens with one attached hydrogen (secondary N) is 1. The van der Waals surface area contributed by atoms with Crippen LogP contribution in [0.1, 0.15) is 32.6 Å². The van der Waals surface area contributed by atoms with Crippen molar-refractivity contribution in [3.8, 4) is 16.7 Å². The fraction of sp³-hybridized carbons (Fsp3) is 0.435. The molecule has 3 aromatic rings. The molecule has 2 aliphatic heterocycles. The Morgan fingerprint density at radius 2 is 1.90 bits per heavy atom. The summed E-state index contributed by atoms with van der Waals surface area (Å²) < 4.78 is 12.9. The highest BCUT2D eigenvalue weighted by Crippen LogP contribution is 2.35. The Morgan fingerprint density at radius 1 is 1.16 bits per heavy atom. The van der Waals surface area contributed by atoms with Gasteiger partial charge in [-0.3, -0.25) is 9.69 Å². The molecule has 2 saturated heterocycles. The van der Waals surface area contributed by atoms with Gasteiger partial charge in [0.1, 0.15) is 18.1 Å². The van der Waals surface area contributed by atoms with Gasteiger partial charge in [-0.05, 0) is 62.1 Å². The molecule has 7 nitrogen and oxygen atoms in total. The zero-order valence-corrected chi connectivity index (χ0v) is 18.3. The normalized spacial score (nSPS) is 23.1. The molecule has 2 aliphatic rings. The Bertz CT molecular complexity index is 1010. The standard InChI is InChI=1S/C23H26N4O3S/c1-15(28)25-16-13-17-4-5-18(14-16)27(17)11-12-29-19-6-8-20(9-7-19)30-23-26-22-21(31-23)3-2-10-24-22/h2-3,6-10,16-18H,4-5,11-14H2,1H3,(H,25,28)/t16-,17-,18+. The summed E-state index contributed by atoms with van der Waals surface area (Å²) in [6.07, 6.45) is 6.25. The lowest BCUT2D eigenvalue weighted by Crippen LogP contribution is -2.51. The maximum atomic E-state index is 11.4. The molecule has 5 rings (SSSR count). The summed E-state index contributed by atoms with van der Waals surface area (Å²) in [5, 5.41) is 3.68. The number of carbonyl (C=O) groups is 1. The number of rotatable bonds is 7. The van der Waals surface area contributed by atoms with E-state index in [1.165, 1.54) is 24.2 Å². The number of ether oxygens (including phenoxy) is 2. The maximum absolute atomic E-state index is 11.4. The minimum absolute atomic E-state index is 0.0772. The highest BCUT2D eigenvalue weighted by atomic mass is 32.1. The van der Waals surface area contributed by atoms with Crippen LogP contribution in [0.5, 0.6) is 16.7 Å². The second-order valence-electron chi connectivity index (χ2n) is 8.22. The van der Waals surface area contributed by atoms with E-state index in [4.69, 9.17) is 9.47 Å². The van der Waals surface area contributed by atoms with Gasteiger partial charge in [0.25, 0.3) is 5.19 Å². The molecular weight excluding hydrogens is 412 g/mol. The summed E-state index contributed by atoms with van der Waals surface area (Å²) >= 11 is 1.48. The second kappa shape index (κ2) is 8.80.